The third-order valence-electron chi connectivity index (χ3n) is 4.88. The van der Waals surface area contributed by atoms with Crippen molar-refractivity contribution >= 4 is 16.5 Å². The summed E-state index contributed by atoms with van der Waals surface area (Å²) in [7, 11) is 0. The first-order valence-electron chi connectivity index (χ1n) is 9.38. The van der Waals surface area contributed by atoms with E-state index in [-0.39, 0.29) is 0 Å². The highest BCUT2D eigenvalue weighted by atomic mass is 16.5. The van der Waals surface area contributed by atoms with Crippen LogP contribution in [-0.4, -0.2) is 31.8 Å². The molecule has 1 aromatic heterocycles. The van der Waals surface area contributed by atoms with E-state index < -0.39 is 0 Å². The van der Waals surface area contributed by atoms with Crippen LogP contribution in [0.25, 0.3) is 27.7 Å². The van der Waals surface area contributed by atoms with Crippen LogP contribution in [-0.2, 0) is 0 Å². The van der Waals surface area contributed by atoms with Crippen LogP contribution in [0.5, 0.6) is 0 Å². The van der Waals surface area contributed by atoms with Crippen molar-refractivity contribution in [3.05, 3.63) is 97.0 Å². The van der Waals surface area contributed by atoms with E-state index in [0.29, 0.717) is 6.54 Å². The first-order chi connectivity index (χ1) is 14.3. The van der Waals surface area contributed by atoms with Crippen molar-refractivity contribution in [2.24, 2.45) is 0 Å². The number of hydrogen-bond acceptors (Lipinski definition) is 5. The van der Waals surface area contributed by atoms with Gasteiger partial charge in [0.05, 0.1) is 18.4 Å². The Hall–Kier alpha value is -3.90. The van der Waals surface area contributed by atoms with Crippen LogP contribution in [0.4, 0.5) is 5.69 Å². The molecule has 6 heteroatoms. The molecule has 2 heterocycles. The maximum Gasteiger partial charge on any atom is 0.113 e. The summed E-state index contributed by atoms with van der Waals surface area (Å²) in [6.07, 6.45) is 7.32. The third kappa shape index (κ3) is 3.49. The number of allylic oxidation sites excluding steroid dienone is 1. The molecular weight excluding hydrogens is 362 g/mol. The van der Waals surface area contributed by atoms with Gasteiger partial charge in [-0.2, -0.15) is 0 Å². The number of nitrogens with one attached hydrogen (secondary N) is 1. The molecule has 3 aromatic carbocycles. The Bertz CT molecular complexity index is 1240. The van der Waals surface area contributed by atoms with E-state index in [4.69, 9.17) is 0 Å². The van der Waals surface area contributed by atoms with Gasteiger partial charge in [-0.3, -0.25) is 10.3 Å². The smallest absolute Gasteiger partial charge is 0.113 e. The Morgan fingerprint density at radius 3 is 2.72 bits per heavy atom. The summed E-state index contributed by atoms with van der Waals surface area (Å²) in [4.78, 5) is 0. The average Bonchev–Trinajstić information content (AvgIpc) is 3.25. The van der Waals surface area contributed by atoms with E-state index in [9.17, 15) is 5.21 Å². The topological polar surface area (TPSA) is 66.2 Å². The fraction of sp³-hybridized carbons (Fsp3) is 0.0435. The Morgan fingerprint density at radius 2 is 1.83 bits per heavy atom. The van der Waals surface area contributed by atoms with E-state index in [2.05, 4.69) is 33.8 Å². The molecule has 0 spiro atoms. The van der Waals surface area contributed by atoms with Crippen molar-refractivity contribution in [1.29, 1.82) is 0 Å². The van der Waals surface area contributed by atoms with Crippen molar-refractivity contribution in [3.63, 3.8) is 0 Å². The summed E-state index contributed by atoms with van der Waals surface area (Å²) in [6, 6.07) is 22.5. The van der Waals surface area contributed by atoms with Gasteiger partial charge in [0.15, 0.2) is 0 Å². The molecule has 0 amide bonds. The first kappa shape index (κ1) is 17.2. The lowest BCUT2D eigenvalue weighted by Gasteiger charge is -2.16. The molecule has 0 saturated carbocycles. The molecule has 1 aliphatic heterocycles. The summed E-state index contributed by atoms with van der Waals surface area (Å²) in [5, 5.41) is 24.9. The number of aromatic nitrogens is 3. The van der Waals surface area contributed by atoms with Crippen molar-refractivity contribution < 1.29 is 5.21 Å². The van der Waals surface area contributed by atoms with Crippen LogP contribution < -0.4 is 5.32 Å². The molecule has 0 bridgehead atoms. The number of hydroxylamine groups is 2. The SMILES string of the molecule is ON1C=CC(Nc2cccc(-c3cn(-c4cccc5ccccc45)nn3)c2)=CC1. The quantitative estimate of drug-likeness (QED) is 0.541. The Morgan fingerprint density at radius 1 is 0.966 bits per heavy atom. The normalized spacial score (nSPS) is 13.6. The monoisotopic (exact) mass is 381 g/mol. The van der Waals surface area contributed by atoms with Crippen LogP contribution in [0.15, 0.2) is 97.0 Å². The van der Waals surface area contributed by atoms with Crippen molar-refractivity contribution in [2.45, 2.75) is 0 Å². The molecule has 0 radical (unpaired) electrons. The van der Waals surface area contributed by atoms with Gasteiger partial charge in [-0.05, 0) is 35.7 Å². The van der Waals surface area contributed by atoms with Gasteiger partial charge in [0.1, 0.15) is 5.69 Å². The number of fused-ring (bicyclic) bond motifs is 1. The standard InChI is InChI=1S/C23H19N5O/c29-27-13-11-19(12-14-27)24-20-8-3-7-18(15-20)22-16-28(26-25-22)23-10-4-6-17-5-1-2-9-21(17)23/h1-13,15-16,24,29H,14H2. The second-order valence-electron chi connectivity index (χ2n) is 6.85. The van der Waals surface area contributed by atoms with Crippen LogP contribution in [0.3, 0.4) is 0 Å². The van der Waals surface area contributed by atoms with Gasteiger partial charge in [-0.25, -0.2) is 4.68 Å². The van der Waals surface area contributed by atoms with Crippen molar-refractivity contribution in [1.82, 2.24) is 20.1 Å². The summed E-state index contributed by atoms with van der Waals surface area (Å²) in [5.74, 6) is 0. The average molecular weight is 381 g/mol. The largest absolute Gasteiger partial charge is 0.356 e. The first-order valence-corrected chi connectivity index (χ1v) is 9.38. The minimum absolute atomic E-state index is 0.456. The van der Waals surface area contributed by atoms with Crippen molar-refractivity contribution in [2.75, 3.05) is 11.9 Å². The Kier molecular flexibility index (Phi) is 4.31. The molecule has 5 rings (SSSR count). The fourth-order valence-electron chi connectivity index (χ4n) is 3.42. The van der Waals surface area contributed by atoms with Gasteiger partial charge in [0, 0.05) is 28.5 Å². The van der Waals surface area contributed by atoms with E-state index in [1.54, 1.807) is 6.20 Å². The van der Waals surface area contributed by atoms with Gasteiger partial charge < -0.3 is 5.32 Å². The number of anilines is 1. The van der Waals surface area contributed by atoms with Crippen LogP contribution in [0.1, 0.15) is 0 Å². The number of rotatable bonds is 4. The van der Waals surface area contributed by atoms with Crippen LogP contribution in [0.2, 0.25) is 0 Å². The molecule has 4 aromatic rings. The summed E-state index contributed by atoms with van der Waals surface area (Å²) >= 11 is 0. The number of benzene rings is 3. The highest BCUT2D eigenvalue weighted by molar-refractivity contribution is 5.90. The van der Waals surface area contributed by atoms with Gasteiger partial charge in [0.25, 0.3) is 0 Å². The van der Waals surface area contributed by atoms with Gasteiger partial charge in [-0.1, -0.05) is 53.7 Å². The van der Waals surface area contributed by atoms with E-state index in [1.807, 2.05) is 71.6 Å². The Balaban J connectivity index is 1.44. The molecule has 0 atom stereocenters. The minimum Gasteiger partial charge on any atom is -0.356 e. The highest BCUT2D eigenvalue weighted by Gasteiger charge is 2.09. The third-order valence-corrected chi connectivity index (χ3v) is 4.88. The lowest BCUT2D eigenvalue weighted by atomic mass is 10.1. The predicted molar refractivity (Wildman–Crippen MR) is 114 cm³/mol. The maximum absolute atomic E-state index is 9.40. The van der Waals surface area contributed by atoms with Gasteiger partial charge in [0.2, 0.25) is 0 Å². The predicted octanol–water partition coefficient (Wildman–Crippen LogP) is 4.60. The molecule has 0 fully saturated rings. The second-order valence-corrected chi connectivity index (χ2v) is 6.85. The Labute approximate surface area is 168 Å². The van der Waals surface area contributed by atoms with Crippen molar-refractivity contribution in [3.8, 4) is 16.9 Å². The number of nitrogens with zero attached hydrogens (tertiary/aromatic N) is 4. The van der Waals surface area contributed by atoms with Gasteiger partial charge >= 0.3 is 0 Å². The lowest BCUT2D eigenvalue weighted by Crippen LogP contribution is -2.16. The molecule has 6 nitrogen and oxygen atoms in total. The zero-order valence-corrected chi connectivity index (χ0v) is 15.6. The summed E-state index contributed by atoms with van der Waals surface area (Å²) < 4.78 is 1.82. The van der Waals surface area contributed by atoms with Crippen LogP contribution >= 0.6 is 0 Å². The molecule has 0 saturated heterocycles. The molecule has 0 unspecified atom stereocenters. The fourth-order valence-corrected chi connectivity index (χ4v) is 3.42. The zero-order valence-electron chi connectivity index (χ0n) is 15.6. The molecule has 0 aliphatic carbocycles. The summed E-state index contributed by atoms with van der Waals surface area (Å²) in [6.45, 7) is 0.456. The second kappa shape index (κ2) is 7.26. The molecule has 1 aliphatic rings. The molecular formula is C23H19N5O. The minimum atomic E-state index is 0.456. The lowest BCUT2D eigenvalue weighted by molar-refractivity contribution is -0.0305. The van der Waals surface area contributed by atoms with Crippen LogP contribution in [0, 0.1) is 0 Å². The molecule has 29 heavy (non-hydrogen) atoms. The van der Waals surface area contributed by atoms with E-state index in [0.717, 1.165) is 38.8 Å². The van der Waals surface area contributed by atoms with E-state index in [1.165, 1.54) is 5.39 Å². The maximum atomic E-state index is 9.40. The van der Waals surface area contributed by atoms with E-state index >= 15 is 0 Å². The van der Waals surface area contributed by atoms with Gasteiger partial charge in [-0.15, -0.1) is 5.10 Å². The number of hydrogen-bond donors (Lipinski definition) is 2. The highest BCUT2D eigenvalue weighted by Crippen LogP contribution is 2.25. The molecule has 142 valence electrons. The summed E-state index contributed by atoms with van der Waals surface area (Å²) in [5.41, 5.74) is 4.67. The zero-order chi connectivity index (χ0) is 19.6. The molecule has 2 N–H and O–H groups in total.